The van der Waals surface area contributed by atoms with E-state index in [4.69, 9.17) is 0 Å². The Morgan fingerprint density at radius 3 is 2.88 bits per heavy atom. The normalized spacial score (nSPS) is 10.4. The molecule has 0 radical (unpaired) electrons. The summed E-state index contributed by atoms with van der Waals surface area (Å²) in [6, 6.07) is 8.27. The molecular formula is C13H14N2O. The van der Waals surface area contributed by atoms with Gasteiger partial charge in [-0.1, -0.05) is 29.8 Å². The number of Topliss-reactive ketones (excluding diaryl/α,β-unsaturated/α-hetero) is 1. The summed E-state index contributed by atoms with van der Waals surface area (Å²) in [7, 11) is 0. The Morgan fingerprint density at radius 2 is 2.25 bits per heavy atom. The van der Waals surface area contributed by atoms with Gasteiger partial charge in [0.2, 0.25) is 0 Å². The smallest absolute Gasteiger partial charge is 0.162 e. The zero-order valence-corrected chi connectivity index (χ0v) is 9.47. The van der Waals surface area contributed by atoms with E-state index in [2.05, 4.69) is 30.2 Å². The van der Waals surface area contributed by atoms with Crippen LogP contribution in [0.5, 0.6) is 0 Å². The van der Waals surface area contributed by atoms with E-state index < -0.39 is 0 Å². The number of nitrogens with zero attached hydrogens (tertiary/aromatic N) is 2. The van der Waals surface area contributed by atoms with Gasteiger partial charge in [0, 0.05) is 6.20 Å². The molecule has 1 aromatic carbocycles. The predicted octanol–water partition coefficient (Wildman–Crippen LogP) is 2.44. The molecule has 0 aliphatic heterocycles. The number of hydrogen-bond donors (Lipinski definition) is 0. The molecule has 0 N–H and O–H groups in total. The topological polar surface area (TPSA) is 34.9 Å². The summed E-state index contributed by atoms with van der Waals surface area (Å²) in [6.45, 7) is 4.32. The summed E-state index contributed by atoms with van der Waals surface area (Å²) in [5, 5.41) is 4.16. The second kappa shape index (κ2) is 4.31. The third-order valence-electron chi connectivity index (χ3n) is 2.47. The van der Waals surface area contributed by atoms with Gasteiger partial charge >= 0.3 is 0 Å². The summed E-state index contributed by atoms with van der Waals surface area (Å²) in [5.41, 5.74) is 3.09. The Morgan fingerprint density at radius 1 is 1.44 bits per heavy atom. The second-order valence-corrected chi connectivity index (χ2v) is 3.97. The number of aryl methyl sites for hydroxylation is 1. The maximum atomic E-state index is 11.1. The summed E-state index contributed by atoms with van der Waals surface area (Å²) in [4.78, 5) is 11.1. The number of carbonyl (C=O) groups excluding carboxylic acids is 1. The number of aromatic nitrogens is 2. The molecule has 82 valence electrons. The van der Waals surface area contributed by atoms with Crippen LogP contribution >= 0.6 is 0 Å². The number of carbonyl (C=O) groups is 1. The van der Waals surface area contributed by atoms with Crippen LogP contribution in [-0.4, -0.2) is 15.6 Å². The highest BCUT2D eigenvalue weighted by atomic mass is 16.1. The minimum Gasteiger partial charge on any atom is -0.294 e. The van der Waals surface area contributed by atoms with E-state index in [0.29, 0.717) is 12.1 Å². The zero-order chi connectivity index (χ0) is 11.5. The van der Waals surface area contributed by atoms with Gasteiger partial charge in [0.1, 0.15) is 0 Å². The molecule has 2 aromatic rings. The Labute approximate surface area is 94.7 Å². The fourth-order valence-electron chi connectivity index (χ4n) is 1.63. The molecule has 0 aliphatic rings. The van der Waals surface area contributed by atoms with Crippen molar-refractivity contribution in [1.29, 1.82) is 0 Å². The highest BCUT2D eigenvalue weighted by Crippen LogP contribution is 2.07. The van der Waals surface area contributed by atoms with Crippen LogP contribution in [0.4, 0.5) is 0 Å². The first kappa shape index (κ1) is 10.6. The van der Waals surface area contributed by atoms with Gasteiger partial charge in [0.05, 0.1) is 18.3 Å². The molecule has 0 aliphatic carbocycles. The summed E-state index contributed by atoms with van der Waals surface area (Å²) < 4.78 is 1.78. The average Bonchev–Trinajstić information content (AvgIpc) is 2.66. The van der Waals surface area contributed by atoms with E-state index in [0.717, 1.165) is 0 Å². The van der Waals surface area contributed by atoms with Gasteiger partial charge in [-0.25, -0.2) is 0 Å². The highest BCUT2D eigenvalue weighted by molar-refractivity contribution is 5.93. The number of benzene rings is 1. The van der Waals surface area contributed by atoms with E-state index in [-0.39, 0.29) is 5.78 Å². The van der Waals surface area contributed by atoms with Crippen molar-refractivity contribution in [3.8, 4) is 0 Å². The molecule has 0 bridgehead atoms. The lowest BCUT2D eigenvalue weighted by Crippen LogP contribution is -2.00. The van der Waals surface area contributed by atoms with E-state index in [9.17, 15) is 4.79 Å². The van der Waals surface area contributed by atoms with Gasteiger partial charge in [-0.05, 0) is 19.4 Å². The molecule has 0 saturated carbocycles. The SMILES string of the molecule is CC(=O)c1cnn(Cc2cccc(C)c2)c1. The minimum atomic E-state index is 0.0514. The largest absolute Gasteiger partial charge is 0.294 e. The van der Waals surface area contributed by atoms with Crippen LogP contribution in [0.25, 0.3) is 0 Å². The summed E-state index contributed by atoms with van der Waals surface area (Å²) in [5.74, 6) is 0.0514. The van der Waals surface area contributed by atoms with Crippen molar-refractivity contribution in [2.75, 3.05) is 0 Å². The molecule has 3 heteroatoms. The fraction of sp³-hybridized carbons (Fsp3) is 0.231. The van der Waals surface area contributed by atoms with Gasteiger partial charge in [-0.2, -0.15) is 5.10 Å². The molecule has 0 spiro atoms. The quantitative estimate of drug-likeness (QED) is 0.735. The Kier molecular flexibility index (Phi) is 2.86. The zero-order valence-electron chi connectivity index (χ0n) is 9.47. The first-order valence-corrected chi connectivity index (χ1v) is 5.24. The van der Waals surface area contributed by atoms with Gasteiger partial charge in [0.25, 0.3) is 0 Å². The van der Waals surface area contributed by atoms with Crippen LogP contribution in [0, 0.1) is 6.92 Å². The van der Waals surface area contributed by atoms with Crippen molar-refractivity contribution in [3.63, 3.8) is 0 Å². The molecule has 0 atom stereocenters. The number of ketones is 1. The molecule has 16 heavy (non-hydrogen) atoms. The Bertz CT molecular complexity index is 514. The van der Waals surface area contributed by atoms with Crippen molar-refractivity contribution < 1.29 is 4.79 Å². The van der Waals surface area contributed by atoms with Gasteiger partial charge in [-0.15, -0.1) is 0 Å². The third kappa shape index (κ3) is 2.37. The lowest BCUT2D eigenvalue weighted by Gasteiger charge is -2.02. The maximum Gasteiger partial charge on any atom is 0.162 e. The van der Waals surface area contributed by atoms with Crippen LogP contribution in [-0.2, 0) is 6.54 Å². The van der Waals surface area contributed by atoms with Crippen LogP contribution in [0.3, 0.4) is 0 Å². The monoisotopic (exact) mass is 214 g/mol. The van der Waals surface area contributed by atoms with E-state index in [1.807, 2.05) is 6.07 Å². The van der Waals surface area contributed by atoms with Crippen LogP contribution in [0.1, 0.15) is 28.4 Å². The van der Waals surface area contributed by atoms with Crippen LogP contribution in [0.15, 0.2) is 36.7 Å². The molecule has 0 unspecified atom stereocenters. The predicted molar refractivity (Wildman–Crippen MR) is 62.5 cm³/mol. The number of hydrogen-bond acceptors (Lipinski definition) is 2. The van der Waals surface area contributed by atoms with Crippen molar-refractivity contribution >= 4 is 5.78 Å². The lowest BCUT2D eigenvalue weighted by molar-refractivity contribution is 0.101. The van der Waals surface area contributed by atoms with Gasteiger partial charge < -0.3 is 0 Å². The first-order chi connectivity index (χ1) is 7.65. The first-order valence-electron chi connectivity index (χ1n) is 5.24. The number of rotatable bonds is 3. The van der Waals surface area contributed by atoms with Crippen molar-refractivity contribution in [3.05, 3.63) is 53.3 Å². The van der Waals surface area contributed by atoms with Gasteiger partial charge in [-0.3, -0.25) is 9.48 Å². The van der Waals surface area contributed by atoms with E-state index in [1.54, 1.807) is 24.0 Å². The lowest BCUT2D eigenvalue weighted by atomic mass is 10.1. The third-order valence-corrected chi connectivity index (χ3v) is 2.47. The molecule has 0 fully saturated rings. The maximum absolute atomic E-state index is 11.1. The molecule has 3 nitrogen and oxygen atoms in total. The molecule has 2 rings (SSSR count). The molecular weight excluding hydrogens is 200 g/mol. The fourth-order valence-corrected chi connectivity index (χ4v) is 1.63. The Hall–Kier alpha value is -1.90. The standard InChI is InChI=1S/C13H14N2O/c1-10-4-3-5-12(6-10)8-15-9-13(7-14-15)11(2)16/h3-7,9H,8H2,1-2H3. The minimum absolute atomic E-state index is 0.0514. The van der Waals surface area contributed by atoms with Crippen molar-refractivity contribution in [2.24, 2.45) is 0 Å². The van der Waals surface area contributed by atoms with Crippen molar-refractivity contribution in [1.82, 2.24) is 9.78 Å². The molecule has 0 amide bonds. The molecule has 1 heterocycles. The van der Waals surface area contributed by atoms with E-state index >= 15 is 0 Å². The summed E-state index contributed by atoms with van der Waals surface area (Å²) >= 11 is 0. The van der Waals surface area contributed by atoms with E-state index in [1.165, 1.54) is 11.1 Å². The highest BCUT2D eigenvalue weighted by Gasteiger charge is 2.03. The van der Waals surface area contributed by atoms with Crippen LogP contribution < -0.4 is 0 Å². The van der Waals surface area contributed by atoms with Crippen LogP contribution in [0.2, 0.25) is 0 Å². The molecule has 0 saturated heterocycles. The van der Waals surface area contributed by atoms with Crippen molar-refractivity contribution in [2.45, 2.75) is 20.4 Å². The second-order valence-electron chi connectivity index (χ2n) is 3.97. The molecule has 1 aromatic heterocycles. The Balaban J connectivity index is 2.17. The average molecular weight is 214 g/mol. The summed E-state index contributed by atoms with van der Waals surface area (Å²) in [6.07, 6.45) is 3.39. The van der Waals surface area contributed by atoms with Gasteiger partial charge in [0.15, 0.2) is 5.78 Å².